The standard InChI is InChI=1S/C20H17F3N6O2/c1-28-8-7-13(26-28)11-24-19(30)16-10-18-25-15(12-3-5-14(31-2)6-4-12)9-17(20(21,22)23)29(18)27-16/h3-10H,11H2,1-2H3,(H,24,30). The van der Waals surface area contributed by atoms with Gasteiger partial charge in [-0.25, -0.2) is 9.50 Å². The number of aromatic nitrogens is 5. The highest BCUT2D eigenvalue weighted by Crippen LogP contribution is 2.32. The number of benzene rings is 1. The number of rotatable bonds is 5. The Morgan fingerprint density at radius 2 is 1.87 bits per heavy atom. The van der Waals surface area contributed by atoms with Crippen LogP contribution in [0.4, 0.5) is 13.2 Å². The first-order valence-electron chi connectivity index (χ1n) is 9.14. The normalized spacial score (nSPS) is 11.6. The first kappa shape index (κ1) is 20.4. The lowest BCUT2D eigenvalue weighted by molar-refractivity contribution is -0.142. The third-order valence-corrected chi connectivity index (χ3v) is 4.53. The van der Waals surface area contributed by atoms with E-state index in [-0.39, 0.29) is 23.6 Å². The second-order valence-corrected chi connectivity index (χ2v) is 6.72. The van der Waals surface area contributed by atoms with Crippen molar-refractivity contribution in [2.45, 2.75) is 12.7 Å². The molecule has 160 valence electrons. The van der Waals surface area contributed by atoms with Crippen LogP contribution in [-0.4, -0.2) is 37.4 Å². The summed E-state index contributed by atoms with van der Waals surface area (Å²) in [7, 11) is 3.23. The number of carbonyl (C=O) groups is 1. The molecule has 0 unspecified atom stereocenters. The fraction of sp³-hybridized carbons (Fsp3) is 0.200. The van der Waals surface area contributed by atoms with E-state index in [0.29, 0.717) is 21.5 Å². The van der Waals surface area contributed by atoms with Gasteiger partial charge < -0.3 is 10.1 Å². The number of carbonyl (C=O) groups excluding carboxylic acids is 1. The molecule has 0 aliphatic rings. The van der Waals surface area contributed by atoms with E-state index in [1.54, 1.807) is 48.3 Å². The first-order chi connectivity index (χ1) is 14.7. The van der Waals surface area contributed by atoms with Gasteiger partial charge in [0.25, 0.3) is 5.91 Å². The highest BCUT2D eigenvalue weighted by Gasteiger charge is 2.35. The zero-order valence-corrected chi connectivity index (χ0v) is 16.5. The number of fused-ring (bicyclic) bond motifs is 1. The van der Waals surface area contributed by atoms with Crippen LogP contribution >= 0.6 is 0 Å². The zero-order valence-electron chi connectivity index (χ0n) is 16.5. The third-order valence-electron chi connectivity index (χ3n) is 4.53. The van der Waals surface area contributed by atoms with Gasteiger partial charge in [-0.3, -0.25) is 9.48 Å². The lowest BCUT2D eigenvalue weighted by Crippen LogP contribution is -2.23. The SMILES string of the molecule is COc1ccc(-c2cc(C(F)(F)F)n3nc(C(=O)NCc4ccn(C)n4)cc3n2)cc1. The summed E-state index contributed by atoms with van der Waals surface area (Å²) in [5.74, 6) is -0.0626. The largest absolute Gasteiger partial charge is 0.497 e. The second kappa shape index (κ2) is 7.74. The van der Waals surface area contributed by atoms with Crippen LogP contribution in [0.1, 0.15) is 21.9 Å². The summed E-state index contributed by atoms with van der Waals surface area (Å²) >= 11 is 0. The quantitative estimate of drug-likeness (QED) is 0.526. The highest BCUT2D eigenvalue weighted by molar-refractivity contribution is 5.93. The maximum Gasteiger partial charge on any atom is 0.433 e. The fourth-order valence-electron chi connectivity index (χ4n) is 3.02. The number of hydrogen-bond donors (Lipinski definition) is 1. The van der Waals surface area contributed by atoms with Gasteiger partial charge in [0, 0.05) is 24.9 Å². The summed E-state index contributed by atoms with van der Waals surface area (Å²) in [6.07, 6.45) is -2.98. The molecule has 0 atom stereocenters. The lowest BCUT2D eigenvalue weighted by Gasteiger charge is -2.11. The lowest BCUT2D eigenvalue weighted by atomic mass is 10.1. The van der Waals surface area contributed by atoms with E-state index in [4.69, 9.17) is 4.74 Å². The highest BCUT2D eigenvalue weighted by atomic mass is 19.4. The molecule has 0 saturated heterocycles. The Kier molecular flexibility index (Phi) is 5.09. The molecule has 4 aromatic rings. The van der Waals surface area contributed by atoms with E-state index in [0.717, 1.165) is 6.07 Å². The van der Waals surface area contributed by atoms with Gasteiger partial charge in [0.2, 0.25) is 0 Å². The molecule has 0 radical (unpaired) electrons. The Morgan fingerprint density at radius 1 is 1.13 bits per heavy atom. The first-order valence-corrected chi connectivity index (χ1v) is 9.14. The topological polar surface area (TPSA) is 86.3 Å². The number of methoxy groups -OCH3 is 1. The third kappa shape index (κ3) is 4.20. The second-order valence-electron chi connectivity index (χ2n) is 6.72. The van der Waals surface area contributed by atoms with E-state index in [9.17, 15) is 18.0 Å². The van der Waals surface area contributed by atoms with E-state index < -0.39 is 17.8 Å². The number of nitrogens with one attached hydrogen (secondary N) is 1. The summed E-state index contributed by atoms with van der Waals surface area (Å²) in [6, 6.07) is 10.3. The van der Waals surface area contributed by atoms with Gasteiger partial charge in [-0.15, -0.1) is 0 Å². The summed E-state index contributed by atoms with van der Waals surface area (Å²) in [4.78, 5) is 16.7. The Labute approximate surface area is 174 Å². The number of ether oxygens (including phenoxy) is 1. The molecule has 8 nitrogen and oxygen atoms in total. The maximum absolute atomic E-state index is 13.7. The van der Waals surface area contributed by atoms with Crippen molar-refractivity contribution < 1.29 is 22.7 Å². The predicted octanol–water partition coefficient (Wildman–Crippen LogP) is 3.09. The molecule has 3 aromatic heterocycles. The van der Waals surface area contributed by atoms with E-state index in [1.165, 1.54) is 13.2 Å². The van der Waals surface area contributed by atoms with E-state index in [1.807, 2.05) is 0 Å². The minimum absolute atomic E-state index is 0.0939. The Hall–Kier alpha value is -3.89. The average molecular weight is 430 g/mol. The molecular weight excluding hydrogens is 413 g/mol. The molecule has 1 amide bonds. The molecule has 0 fully saturated rings. The number of amides is 1. The molecule has 11 heteroatoms. The monoisotopic (exact) mass is 430 g/mol. The molecule has 31 heavy (non-hydrogen) atoms. The summed E-state index contributed by atoms with van der Waals surface area (Å²) < 4.78 is 48.4. The van der Waals surface area contributed by atoms with E-state index >= 15 is 0 Å². The summed E-state index contributed by atoms with van der Waals surface area (Å²) in [5.41, 5.74) is -0.133. The number of aryl methyl sites for hydroxylation is 1. The molecular formula is C20H17F3N6O2. The smallest absolute Gasteiger partial charge is 0.433 e. The van der Waals surface area contributed by atoms with Gasteiger partial charge in [0.15, 0.2) is 17.0 Å². The van der Waals surface area contributed by atoms with Crippen LogP contribution in [0.15, 0.2) is 48.7 Å². The van der Waals surface area contributed by atoms with Crippen molar-refractivity contribution in [3.63, 3.8) is 0 Å². The van der Waals surface area contributed by atoms with Crippen LogP contribution in [0.25, 0.3) is 16.9 Å². The van der Waals surface area contributed by atoms with Gasteiger partial charge >= 0.3 is 6.18 Å². The van der Waals surface area contributed by atoms with Crippen molar-refractivity contribution >= 4 is 11.6 Å². The van der Waals surface area contributed by atoms with Crippen LogP contribution in [0.3, 0.4) is 0 Å². The molecule has 0 spiro atoms. The minimum Gasteiger partial charge on any atom is -0.497 e. The predicted molar refractivity (Wildman–Crippen MR) is 104 cm³/mol. The molecule has 1 aromatic carbocycles. The molecule has 1 N–H and O–H groups in total. The van der Waals surface area contributed by atoms with Crippen LogP contribution in [0.2, 0.25) is 0 Å². The number of nitrogens with zero attached hydrogens (tertiary/aromatic N) is 5. The Balaban J connectivity index is 1.70. The van der Waals surface area contributed by atoms with Gasteiger partial charge in [-0.2, -0.15) is 23.4 Å². The molecule has 0 aliphatic carbocycles. The Bertz CT molecular complexity index is 1240. The van der Waals surface area contributed by atoms with Crippen molar-refractivity contribution in [3.8, 4) is 17.0 Å². The fourth-order valence-corrected chi connectivity index (χ4v) is 3.02. The van der Waals surface area contributed by atoms with Crippen molar-refractivity contribution in [1.82, 2.24) is 29.7 Å². The molecule has 0 aliphatic heterocycles. The Morgan fingerprint density at radius 3 is 2.48 bits per heavy atom. The van der Waals surface area contributed by atoms with Crippen LogP contribution in [0, 0.1) is 0 Å². The number of halogens is 3. The summed E-state index contributed by atoms with van der Waals surface area (Å²) in [5, 5.41) is 10.6. The van der Waals surface area contributed by atoms with Crippen molar-refractivity contribution in [3.05, 3.63) is 65.7 Å². The van der Waals surface area contributed by atoms with Crippen molar-refractivity contribution in [1.29, 1.82) is 0 Å². The van der Waals surface area contributed by atoms with Crippen LogP contribution in [-0.2, 0) is 19.8 Å². The van der Waals surface area contributed by atoms with Crippen LogP contribution < -0.4 is 10.1 Å². The molecule has 4 rings (SSSR count). The van der Waals surface area contributed by atoms with Gasteiger partial charge in [-0.1, -0.05) is 0 Å². The van der Waals surface area contributed by atoms with Crippen LogP contribution in [0.5, 0.6) is 5.75 Å². The number of alkyl halides is 3. The summed E-state index contributed by atoms with van der Waals surface area (Å²) in [6.45, 7) is 0.115. The van der Waals surface area contributed by atoms with Gasteiger partial charge in [0.05, 0.1) is 25.0 Å². The minimum atomic E-state index is -4.70. The molecule has 0 bridgehead atoms. The van der Waals surface area contributed by atoms with Crippen molar-refractivity contribution in [2.75, 3.05) is 7.11 Å². The maximum atomic E-state index is 13.7. The molecule has 0 saturated carbocycles. The zero-order chi connectivity index (χ0) is 22.2. The van der Waals surface area contributed by atoms with Gasteiger partial charge in [0.1, 0.15) is 5.75 Å². The molecule has 3 heterocycles. The number of hydrogen-bond acceptors (Lipinski definition) is 5. The average Bonchev–Trinajstić information content (AvgIpc) is 3.36. The van der Waals surface area contributed by atoms with E-state index in [2.05, 4.69) is 20.5 Å². The van der Waals surface area contributed by atoms with Gasteiger partial charge in [-0.05, 0) is 36.4 Å². The van der Waals surface area contributed by atoms with Crippen molar-refractivity contribution in [2.24, 2.45) is 7.05 Å².